The molecule has 2 aromatic rings. The molecule has 0 spiro atoms. The number of ether oxygens (including phenoxy) is 1. The molecule has 2 aliphatic rings. The summed E-state index contributed by atoms with van der Waals surface area (Å²) in [6.07, 6.45) is 6.26. The molecule has 2 heterocycles. The van der Waals surface area contributed by atoms with Gasteiger partial charge >= 0.3 is 11.9 Å². The van der Waals surface area contributed by atoms with Crippen molar-refractivity contribution in [1.29, 1.82) is 0 Å². The van der Waals surface area contributed by atoms with Crippen molar-refractivity contribution in [2.75, 3.05) is 32.1 Å². The van der Waals surface area contributed by atoms with Crippen molar-refractivity contribution in [2.45, 2.75) is 44.9 Å². The lowest BCUT2D eigenvalue weighted by Crippen LogP contribution is -2.33. The number of carboxylic acids is 2. The number of nitrogens with zero attached hydrogens (tertiary/aromatic N) is 1. The van der Waals surface area contributed by atoms with Gasteiger partial charge in [-0.15, -0.1) is 0 Å². The number of allylic oxidation sites excluding steroid dienone is 2. The predicted molar refractivity (Wildman–Crippen MR) is 157 cm³/mol. The third-order valence-corrected chi connectivity index (χ3v) is 7.74. The lowest BCUT2D eigenvalue weighted by Gasteiger charge is -2.32. The number of nitrogens with one attached hydrogen (secondary N) is 2. The maximum absolute atomic E-state index is 12.6. The maximum atomic E-state index is 12.6. The fourth-order valence-corrected chi connectivity index (χ4v) is 5.71. The van der Waals surface area contributed by atoms with Crippen LogP contribution in [0.3, 0.4) is 0 Å². The number of hydrogen-bond acceptors (Lipinski definition) is 6. The van der Waals surface area contributed by atoms with E-state index in [-0.39, 0.29) is 17.1 Å². The Morgan fingerprint density at radius 3 is 2.24 bits per heavy atom. The van der Waals surface area contributed by atoms with E-state index >= 15 is 0 Å². The van der Waals surface area contributed by atoms with E-state index in [1.165, 1.54) is 11.6 Å². The van der Waals surface area contributed by atoms with Crippen molar-refractivity contribution in [3.8, 4) is 5.75 Å². The van der Waals surface area contributed by atoms with Crippen molar-refractivity contribution in [2.24, 2.45) is 0 Å². The molecule has 1 fully saturated rings. The van der Waals surface area contributed by atoms with Crippen LogP contribution in [0.5, 0.6) is 5.75 Å². The van der Waals surface area contributed by atoms with E-state index < -0.39 is 17.9 Å². The van der Waals surface area contributed by atoms with Crippen LogP contribution in [0.4, 0.5) is 5.69 Å². The number of rotatable bonds is 10. The fraction of sp³-hybridized carbons (Fsp3) is 0.344. The van der Waals surface area contributed by atoms with Gasteiger partial charge < -0.3 is 30.5 Å². The molecule has 216 valence electrons. The molecule has 0 saturated carbocycles. The maximum Gasteiger partial charge on any atom is 0.334 e. The van der Waals surface area contributed by atoms with Gasteiger partial charge in [-0.2, -0.15) is 0 Å². The predicted octanol–water partition coefficient (Wildman–Crippen LogP) is 4.86. The highest BCUT2D eigenvalue weighted by molar-refractivity contribution is 6.00. The molecule has 2 aliphatic heterocycles. The average molecular weight is 560 g/mol. The second-order valence-corrected chi connectivity index (χ2v) is 10.4. The highest BCUT2D eigenvalue weighted by Gasteiger charge is 2.36. The highest BCUT2D eigenvalue weighted by atomic mass is 16.5. The molecule has 1 saturated heterocycles. The number of amides is 1. The van der Waals surface area contributed by atoms with Crippen molar-refractivity contribution >= 4 is 23.5 Å². The first-order chi connectivity index (χ1) is 19.7. The summed E-state index contributed by atoms with van der Waals surface area (Å²) in [4.78, 5) is 39.1. The van der Waals surface area contributed by atoms with E-state index in [9.17, 15) is 24.6 Å². The van der Waals surface area contributed by atoms with Crippen LogP contribution in [0.1, 0.15) is 56.1 Å². The average Bonchev–Trinajstić information content (AvgIpc) is 2.95. The van der Waals surface area contributed by atoms with E-state index in [1.54, 1.807) is 45.2 Å². The molecule has 2 aromatic carbocycles. The second-order valence-electron chi connectivity index (χ2n) is 10.4. The van der Waals surface area contributed by atoms with Crippen LogP contribution in [-0.2, 0) is 14.4 Å². The number of likely N-dealkylation sites (tertiary alicyclic amines) is 1. The van der Waals surface area contributed by atoms with Gasteiger partial charge in [0.1, 0.15) is 5.75 Å². The number of piperidine rings is 1. The molecular formula is C32H37N3O6. The van der Waals surface area contributed by atoms with Crippen LogP contribution < -0.4 is 15.4 Å². The largest absolute Gasteiger partial charge is 0.497 e. The molecule has 0 aromatic heterocycles. The quantitative estimate of drug-likeness (QED) is 0.304. The minimum absolute atomic E-state index is 0.0381. The Bertz CT molecular complexity index is 1370. The summed E-state index contributed by atoms with van der Waals surface area (Å²) in [6.45, 7) is 6.09. The zero-order valence-electron chi connectivity index (χ0n) is 23.6. The summed E-state index contributed by atoms with van der Waals surface area (Å²) in [5.74, 6) is -2.27. The second kappa shape index (κ2) is 13.3. The Hall–Kier alpha value is -4.37. The number of carboxylic acid groups (broad SMARTS) is 2. The van der Waals surface area contributed by atoms with Crippen molar-refractivity contribution in [1.82, 2.24) is 10.2 Å². The number of methoxy groups -OCH3 is 1. The topological polar surface area (TPSA) is 128 Å². The molecule has 0 unspecified atom stereocenters. The highest BCUT2D eigenvalue weighted by Crippen LogP contribution is 2.39. The van der Waals surface area contributed by atoms with E-state index in [0.717, 1.165) is 44.6 Å². The van der Waals surface area contributed by atoms with Gasteiger partial charge in [0, 0.05) is 23.6 Å². The lowest BCUT2D eigenvalue weighted by molar-refractivity contribution is -0.133. The Morgan fingerprint density at radius 1 is 0.976 bits per heavy atom. The third kappa shape index (κ3) is 7.24. The molecule has 0 atom stereocenters. The fourth-order valence-electron chi connectivity index (χ4n) is 5.71. The van der Waals surface area contributed by atoms with Crippen LogP contribution in [-0.4, -0.2) is 59.7 Å². The molecule has 9 heteroatoms. The standard InChI is InChI=1S/C32H37N3O6/c1-20-28(31(37)38)30(29(32(39)40)21(2)33-20)24-9-6-10-25(18-24)34-27(36)12-4-5-15-35-16-13-22(14-17-35)23-8-7-11-26(19-23)41-3/h4,6-12,18-19,22,30,33H,5,13-17H2,1-3H3,(H,34,36)(H,37,38)(H,39,40). The van der Waals surface area contributed by atoms with Gasteiger partial charge in [0.25, 0.3) is 0 Å². The zero-order valence-corrected chi connectivity index (χ0v) is 23.6. The van der Waals surface area contributed by atoms with Crippen LogP contribution in [0.2, 0.25) is 0 Å². The van der Waals surface area contributed by atoms with Crippen molar-refractivity contribution in [3.63, 3.8) is 0 Å². The lowest BCUT2D eigenvalue weighted by atomic mass is 9.80. The number of benzene rings is 2. The van der Waals surface area contributed by atoms with Crippen LogP contribution in [0.15, 0.2) is 83.2 Å². The summed E-state index contributed by atoms with van der Waals surface area (Å²) >= 11 is 0. The van der Waals surface area contributed by atoms with Crippen LogP contribution >= 0.6 is 0 Å². The number of carbonyl (C=O) groups is 3. The Balaban J connectivity index is 1.32. The minimum Gasteiger partial charge on any atom is -0.497 e. The molecule has 41 heavy (non-hydrogen) atoms. The molecule has 0 aliphatic carbocycles. The normalized spacial score (nSPS) is 17.0. The molecule has 0 bridgehead atoms. The zero-order chi connectivity index (χ0) is 29.5. The first-order valence-corrected chi connectivity index (χ1v) is 13.8. The van der Waals surface area contributed by atoms with Crippen molar-refractivity contribution < 1.29 is 29.3 Å². The Labute approximate surface area is 240 Å². The molecule has 9 nitrogen and oxygen atoms in total. The van der Waals surface area contributed by atoms with Gasteiger partial charge in [-0.1, -0.05) is 30.3 Å². The van der Waals surface area contributed by atoms with Gasteiger partial charge in [0.15, 0.2) is 0 Å². The Morgan fingerprint density at radius 2 is 1.61 bits per heavy atom. The summed E-state index contributed by atoms with van der Waals surface area (Å²) in [5.41, 5.74) is 2.94. The van der Waals surface area contributed by atoms with E-state index in [4.69, 9.17) is 4.74 Å². The van der Waals surface area contributed by atoms with Gasteiger partial charge in [-0.3, -0.25) is 4.79 Å². The van der Waals surface area contributed by atoms with E-state index in [0.29, 0.717) is 28.6 Å². The first kappa shape index (κ1) is 29.6. The van der Waals surface area contributed by atoms with E-state index in [1.807, 2.05) is 18.2 Å². The van der Waals surface area contributed by atoms with Gasteiger partial charge in [-0.05, 0) is 93.6 Å². The monoisotopic (exact) mass is 559 g/mol. The number of anilines is 1. The molecule has 0 radical (unpaired) electrons. The van der Waals surface area contributed by atoms with Gasteiger partial charge in [-0.25, -0.2) is 9.59 Å². The smallest absolute Gasteiger partial charge is 0.334 e. The summed E-state index contributed by atoms with van der Waals surface area (Å²) in [6, 6.07) is 15.0. The SMILES string of the molecule is COc1cccc(C2CCN(CCC=CC(=O)Nc3cccc(C4C(C(=O)O)=C(C)NC(C)=C4C(=O)O)c3)CC2)c1. The molecule has 4 N–H and O–H groups in total. The molecule has 1 amide bonds. The number of aliphatic carboxylic acids is 2. The van der Waals surface area contributed by atoms with Crippen molar-refractivity contribution in [3.05, 3.63) is 94.4 Å². The Kier molecular flexibility index (Phi) is 9.62. The molecule has 4 rings (SSSR count). The summed E-state index contributed by atoms with van der Waals surface area (Å²) in [5, 5.41) is 25.4. The number of hydrogen-bond donors (Lipinski definition) is 4. The summed E-state index contributed by atoms with van der Waals surface area (Å²) < 4.78 is 5.36. The minimum atomic E-state index is -1.20. The van der Waals surface area contributed by atoms with Crippen LogP contribution in [0.25, 0.3) is 0 Å². The van der Waals surface area contributed by atoms with Crippen LogP contribution in [0, 0.1) is 0 Å². The van der Waals surface area contributed by atoms with Gasteiger partial charge in [0.05, 0.1) is 24.2 Å². The van der Waals surface area contributed by atoms with E-state index in [2.05, 4.69) is 27.7 Å². The third-order valence-electron chi connectivity index (χ3n) is 7.74. The first-order valence-electron chi connectivity index (χ1n) is 13.8. The molecular weight excluding hydrogens is 522 g/mol. The number of carbonyl (C=O) groups excluding carboxylic acids is 1. The van der Waals surface area contributed by atoms with Gasteiger partial charge in [0.2, 0.25) is 5.91 Å². The number of dihydropyridines is 1. The summed E-state index contributed by atoms with van der Waals surface area (Å²) in [7, 11) is 1.69.